The van der Waals surface area contributed by atoms with E-state index in [-0.39, 0.29) is 12.0 Å². The first kappa shape index (κ1) is 13.9. The van der Waals surface area contributed by atoms with Crippen molar-refractivity contribution in [2.75, 3.05) is 11.5 Å². The van der Waals surface area contributed by atoms with Gasteiger partial charge in [-0.1, -0.05) is 0 Å². The van der Waals surface area contributed by atoms with Crippen molar-refractivity contribution in [3.05, 3.63) is 16.1 Å². The van der Waals surface area contributed by atoms with Gasteiger partial charge in [-0.05, 0) is 25.7 Å². The van der Waals surface area contributed by atoms with Crippen molar-refractivity contribution in [3.8, 4) is 0 Å². The molecular formula is C11H19N3O2S2. The summed E-state index contributed by atoms with van der Waals surface area (Å²) >= 11 is 1.63. The van der Waals surface area contributed by atoms with Crippen molar-refractivity contribution in [2.24, 2.45) is 11.8 Å². The lowest BCUT2D eigenvalue weighted by atomic mass is 9.98. The fraction of sp³-hybridized carbons (Fsp3) is 0.727. The minimum atomic E-state index is -2.80. The van der Waals surface area contributed by atoms with E-state index in [9.17, 15) is 8.42 Å². The number of nitrogens with zero attached hydrogens (tertiary/aromatic N) is 1. The lowest BCUT2D eigenvalue weighted by molar-refractivity contribution is 0.408. The monoisotopic (exact) mass is 289 g/mol. The van der Waals surface area contributed by atoms with E-state index in [1.165, 1.54) is 0 Å². The fourth-order valence-corrected chi connectivity index (χ4v) is 5.11. The number of hydrogen-bond acceptors (Lipinski definition) is 6. The van der Waals surface area contributed by atoms with Crippen LogP contribution >= 0.6 is 11.3 Å². The van der Waals surface area contributed by atoms with Crippen molar-refractivity contribution in [2.45, 2.75) is 32.2 Å². The molecule has 0 spiro atoms. The number of hydrazine groups is 1. The third-order valence-corrected chi connectivity index (χ3v) is 6.09. The van der Waals surface area contributed by atoms with E-state index >= 15 is 0 Å². The van der Waals surface area contributed by atoms with E-state index in [0.717, 1.165) is 30.0 Å². The molecule has 18 heavy (non-hydrogen) atoms. The van der Waals surface area contributed by atoms with E-state index in [2.05, 4.69) is 10.4 Å². The summed E-state index contributed by atoms with van der Waals surface area (Å²) in [6.45, 7) is 1.97. The number of hydrogen-bond donors (Lipinski definition) is 2. The Hall–Kier alpha value is -0.500. The maximum Gasteiger partial charge on any atom is 0.150 e. The number of aryl methyl sites for hydroxylation is 1. The van der Waals surface area contributed by atoms with Crippen LogP contribution in [0.2, 0.25) is 0 Å². The first-order valence-corrected chi connectivity index (χ1v) is 8.76. The zero-order valence-electron chi connectivity index (χ0n) is 10.4. The van der Waals surface area contributed by atoms with E-state index in [0.29, 0.717) is 11.5 Å². The molecular weight excluding hydrogens is 270 g/mol. The van der Waals surface area contributed by atoms with Crippen LogP contribution in [-0.2, 0) is 16.3 Å². The van der Waals surface area contributed by atoms with Crippen LogP contribution in [0.1, 0.15) is 23.5 Å². The third kappa shape index (κ3) is 3.74. The molecule has 0 saturated carbocycles. The van der Waals surface area contributed by atoms with Gasteiger partial charge in [0.25, 0.3) is 0 Å². The van der Waals surface area contributed by atoms with Crippen LogP contribution in [0, 0.1) is 12.8 Å². The molecule has 5 nitrogen and oxygen atoms in total. The lowest BCUT2D eigenvalue weighted by Crippen LogP contribution is -2.38. The highest BCUT2D eigenvalue weighted by atomic mass is 32.2. The maximum atomic E-state index is 11.4. The van der Waals surface area contributed by atoms with Crippen LogP contribution < -0.4 is 11.3 Å². The number of aromatic nitrogens is 1. The molecule has 0 bridgehead atoms. The summed E-state index contributed by atoms with van der Waals surface area (Å²) in [6.07, 6.45) is 2.33. The second-order valence-corrected chi connectivity index (χ2v) is 8.13. The normalized spacial score (nSPS) is 24.2. The molecule has 0 aromatic carbocycles. The first-order chi connectivity index (χ1) is 8.48. The molecule has 1 saturated heterocycles. The van der Waals surface area contributed by atoms with Gasteiger partial charge in [0.05, 0.1) is 16.5 Å². The Bertz CT molecular complexity index is 498. The predicted octanol–water partition coefficient (Wildman–Crippen LogP) is 0.651. The average molecular weight is 289 g/mol. The molecule has 1 aliphatic heterocycles. The molecule has 7 heteroatoms. The number of nitrogens with two attached hydrogens (primary N) is 1. The van der Waals surface area contributed by atoms with Gasteiger partial charge in [0.15, 0.2) is 9.84 Å². The maximum absolute atomic E-state index is 11.4. The van der Waals surface area contributed by atoms with Gasteiger partial charge in [-0.25, -0.2) is 13.4 Å². The average Bonchev–Trinajstić information content (AvgIpc) is 2.84. The van der Waals surface area contributed by atoms with Crippen LogP contribution in [0.4, 0.5) is 0 Å². The number of rotatable bonds is 5. The summed E-state index contributed by atoms with van der Waals surface area (Å²) in [4.78, 5) is 4.41. The molecule has 102 valence electrons. The summed E-state index contributed by atoms with van der Waals surface area (Å²) in [5.41, 5.74) is 3.81. The van der Waals surface area contributed by atoms with Crippen LogP contribution in [0.5, 0.6) is 0 Å². The highest BCUT2D eigenvalue weighted by Gasteiger charge is 2.29. The molecule has 2 unspecified atom stereocenters. The minimum absolute atomic E-state index is 0.105. The van der Waals surface area contributed by atoms with Gasteiger partial charge in [0.2, 0.25) is 0 Å². The van der Waals surface area contributed by atoms with Gasteiger partial charge in [-0.3, -0.25) is 11.3 Å². The summed E-state index contributed by atoms with van der Waals surface area (Å²) in [5, 5.41) is 3.07. The summed E-state index contributed by atoms with van der Waals surface area (Å²) in [6, 6.07) is 0.105. The van der Waals surface area contributed by atoms with Crippen molar-refractivity contribution < 1.29 is 8.42 Å². The van der Waals surface area contributed by atoms with E-state index in [1.807, 2.05) is 12.3 Å². The van der Waals surface area contributed by atoms with E-state index < -0.39 is 9.84 Å². The van der Waals surface area contributed by atoms with E-state index in [4.69, 9.17) is 5.84 Å². The quantitative estimate of drug-likeness (QED) is 0.614. The molecule has 2 heterocycles. The summed E-state index contributed by atoms with van der Waals surface area (Å²) < 4.78 is 22.8. The smallest absolute Gasteiger partial charge is 0.150 e. The fourth-order valence-electron chi connectivity index (χ4n) is 2.38. The van der Waals surface area contributed by atoms with E-state index in [1.54, 1.807) is 11.3 Å². The Morgan fingerprint density at radius 1 is 1.67 bits per heavy atom. The molecule has 1 fully saturated rings. The first-order valence-electron chi connectivity index (χ1n) is 6.06. The number of nitrogens with one attached hydrogen (secondary N) is 1. The summed E-state index contributed by atoms with van der Waals surface area (Å²) in [5.74, 6) is 6.42. The standard InChI is InChI=1S/C11H19N3O2S2/c1-8-6-17-11(13-8)5-10(14-12)4-9-2-3-18(15,16)7-9/h6,9-10,14H,2-5,7,12H2,1H3. The molecule has 0 amide bonds. The number of thiazole rings is 1. The topological polar surface area (TPSA) is 85.1 Å². The Kier molecular flexibility index (Phi) is 4.37. The Morgan fingerprint density at radius 2 is 2.44 bits per heavy atom. The Balaban J connectivity index is 1.90. The van der Waals surface area contributed by atoms with Crippen LogP contribution in [0.25, 0.3) is 0 Å². The summed E-state index contributed by atoms with van der Waals surface area (Å²) in [7, 11) is -2.80. The van der Waals surface area contributed by atoms with Gasteiger partial charge in [0, 0.05) is 23.5 Å². The molecule has 1 aromatic rings. The molecule has 2 rings (SSSR count). The van der Waals surface area contributed by atoms with Gasteiger partial charge >= 0.3 is 0 Å². The Labute approximate surface area is 112 Å². The molecule has 1 aromatic heterocycles. The van der Waals surface area contributed by atoms with Crippen LogP contribution in [0.3, 0.4) is 0 Å². The second-order valence-electron chi connectivity index (χ2n) is 4.96. The SMILES string of the molecule is Cc1csc(CC(CC2CCS(=O)(=O)C2)NN)n1. The largest absolute Gasteiger partial charge is 0.271 e. The molecule has 1 aliphatic rings. The van der Waals surface area contributed by atoms with Crippen LogP contribution in [-0.4, -0.2) is 30.9 Å². The minimum Gasteiger partial charge on any atom is -0.271 e. The zero-order valence-corrected chi connectivity index (χ0v) is 12.1. The molecule has 0 aliphatic carbocycles. The Morgan fingerprint density at radius 3 is 2.94 bits per heavy atom. The highest BCUT2D eigenvalue weighted by Crippen LogP contribution is 2.24. The van der Waals surface area contributed by atoms with Crippen molar-refractivity contribution in [1.82, 2.24) is 10.4 Å². The van der Waals surface area contributed by atoms with Gasteiger partial charge < -0.3 is 0 Å². The van der Waals surface area contributed by atoms with Crippen molar-refractivity contribution in [3.63, 3.8) is 0 Å². The van der Waals surface area contributed by atoms with Crippen molar-refractivity contribution in [1.29, 1.82) is 0 Å². The lowest BCUT2D eigenvalue weighted by Gasteiger charge is -2.17. The predicted molar refractivity (Wildman–Crippen MR) is 73.0 cm³/mol. The molecule has 0 radical (unpaired) electrons. The highest BCUT2D eigenvalue weighted by molar-refractivity contribution is 7.91. The van der Waals surface area contributed by atoms with Gasteiger partial charge in [-0.2, -0.15) is 0 Å². The molecule has 3 N–H and O–H groups in total. The third-order valence-electron chi connectivity index (χ3n) is 3.27. The zero-order chi connectivity index (χ0) is 13.2. The number of sulfone groups is 1. The molecule has 2 atom stereocenters. The van der Waals surface area contributed by atoms with Crippen molar-refractivity contribution >= 4 is 21.2 Å². The van der Waals surface area contributed by atoms with Gasteiger partial charge in [-0.15, -0.1) is 11.3 Å². The van der Waals surface area contributed by atoms with Gasteiger partial charge in [0.1, 0.15) is 0 Å². The van der Waals surface area contributed by atoms with Crippen LogP contribution in [0.15, 0.2) is 5.38 Å². The second kappa shape index (κ2) is 5.64.